The van der Waals surface area contributed by atoms with Crippen LogP contribution >= 0.6 is 0 Å². The van der Waals surface area contributed by atoms with Gasteiger partial charge in [-0.25, -0.2) is 9.69 Å². The minimum absolute atomic E-state index is 0.589. The molecule has 0 unspecified atom stereocenters. The molecule has 0 amide bonds. The second-order valence-electron chi connectivity index (χ2n) is 14.0. The molecule has 3 heterocycles. The fourth-order valence-electron chi connectivity index (χ4n) is 8.64. The summed E-state index contributed by atoms with van der Waals surface area (Å²) in [6, 6.07) is 61.4. The van der Waals surface area contributed by atoms with Crippen LogP contribution in [0.1, 0.15) is 0 Å². The van der Waals surface area contributed by atoms with Crippen LogP contribution in [-0.2, 0) is 0 Å². The van der Waals surface area contributed by atoms with Crippen LogP contribution in [0.3, 0.4) is 0 Å². The topological polar surface area (TPSA) is 23.5 Å². The Morgan fingerprint density at radius 3 is 1.33 bits per heavy atom. The maximum Gasteiger partial charge on any atom is 0.189 e. The fourth-order valence-corrected chi connectivity index (χ4v) is 8.64. The predicted octanol–water partition coefficient (Wildman–Crippen LogP) is 13.7. The Balaban J connectivity index is 1.07. The summed E-state index contributed by atoms with van der Waals surface area (Å²) < 4.78 is 6.87. The van der Waals surface area contributed by atoms with Gasteiger partial charge in [-0.3, -0.25) is 0 Å². The summed E-state index contributed by atoms with van der Waals surface area (Å²) in [5.74, 6) is 0. The lowest BCUT2D eigenvalue weighted by Gasteiger charge is -2.13. The fraction of sp³-hybridized carbons (Fsp3) is 0. The van der Waals surface area contributed by atoms with Crippen molar-refractivity contribution in [2.75, 3.05) is 0 Å². The molecule has 0 N–H and O–H groups in total. The number of benzene rings is 8. The van der Waals surface area contributed by atoms with Gasteiger partial charge in [0.1, 0.15) is 0 Å². The highest BCUT2D eigenvalue weighted by Crippen LogP contribution is 2.40. The van der Waals surface area contributed by atoms with Gasteiger partial charge in [0.15, 0.2) is 11.4 Å². The SMILES string of the molecule is [C-]#[N+]c1cc(-c2ccc(-n3c4ccc(-n5c6ccccc6c6ccccc65)cc4c4ccc([N+]#[C-])cc43)cc2)cc(-n2c3ccccc3c3ccccc32)c1. The molecule has 55 heavy (non-hydrogen) atoms. The maximum atomic E-state index is 8.00. The summed E-state index contributed by atoms with van der Waals surface area (Å²) >= 11 is 0. The Morgan fingerprint density at radius 2 is 0.764 bits per heavy atom. The van der Waals surface area contributed by atoms with Gasteiger partial charge in [0, 0.05) is 54.9 Å². The largest absolute Gasteiger partial charge is 0.311 e. The summed E-state index contributed by atoms with van der Waals surface area (Å²) in [6.07, 6.45) is 0. The lowest BCUT2D eigenvalue weighted by molar-refractivity contribution is 1.16. The van der Waals surface area contributed by atoms with Crippen molar-refractivity contribution in [2.45, 2.75) is 0 Å². The molecule has 3 aromatic heterocycles. The minimum atomic E-state index is 0.589. The van der Waals surface area contributed by atoms with Crippen molar-refractivity contribution < 1.29 is 0 Å². The molecular formula is C50H29N5. The third-order valence-electron chi connectivity index (χ3n) is 11.0. The third kappa shape index (κ3) is 4.58. The van der Waals surface area contributed by atoms with Gasteiger partial charge < -0.3 is 13.7 Å². The van der Waals surface area contributed by atoms with E-state index >= 15 is 0 Å². The van der Waals surface area contributed by atoms with E-state index in [9.17, 15) is 0 Å². The molecule has 254 valence electrons. The first kappa shape index (κ1) is 30.7. The average molecular weight is 700 g/mol. The molecule has 0 atom stereocenters. The van der Waals surface area contributed by atoms with Crippen LogP contribution in [0.25, 0.3) is 103 Å². The number of aromatic nitrogens is 3. The third-order valence-corrected chi connectivity index (χ3v) is 11.0. The first-order valence-electron chi connectivity index (χ1n) is 18.2. The molecule has 0 aliphatic carbocycles. The zero-order valence-electron chi connectivity index (χ0n) is 29.5. The predicted molar refractivity (Wildman–Crippen MR) is 227 cm³/mol. The number of hydrogen-bond acceptors (Lipinski definition) is 0. The molecule has 5 nitrogen and oxygen atoms in total. The van der Waals surface area contributed by atoms with Crippen LogP contribution in [0.5, 0.6) is 0 Å². The summed E-state index contributed by atoms with van der Waals surface area (Å²) in [4.78, 5) is 7.69. The van der Waals surface area contributed by atoms with Gasteiger partial charge in [0.05, 0.1) is 40.7 Å². The Labute approximate surface area is 316 Å². The molecule has 0 saturated heterocycles. The van der Waals surface area contributed by atoms with Crippen molar-refractivity contribution >= 4 is 76.8 Å². The van der Waals surface area contributed by atoms with Gasteiger partial charge in [0.2, 0.25) is 0 Å². The molecule has 11 rings (SSSR count). The number of fused-ring (bicyclic) bond motifs is 9. The van der Waals surface area contributed by atoms with Gasteiger partial charge in [-0.05, 0) is 90.0 Å². The first-order valence-corrected chi connectivity index (χ1v) is 18.2. The molecule has 0 saturated carbocycles. The molecular weight excluding hydrogens is 671 g/mol. The molecule has 11 aromatic rings. The quantitative estimate of drug-likeness (QED) is 0.163. The van der Waals surface area contributed by atoms with Crippen molar-refractivity contribution in [2.24, 2.45) is 0 Å². The lowest BCUT2D eigenvalue weighted by Crippen LogP contribution is -1.96. The first-order chi connectivity index (χ1) is 27.2. The van der Waals surface area contributed by atoms with E-state index in [0.717, 1.165) is 61.0 Å². The van der Waals surface area contributed by atoms with Gasteiger partial charge in [-0.2, -0.15) is 0 Å². The molecule has 0 radical (unpaired) electrons. The van der Waals surface area contributed by atoms with Crippen LogP contribution in [0, 0.1) is 13.1 Å². The zero-order chi connectivity index (χ0) is 36.6. The zero-order valence-corrected chi connectivity index (χ0v) is 29.5. The minimum Gasteiger partial charge on any atom is -0.311 e. The maximum absolute atomic E-state index is 8.00. The highest BCUT2D eigenvalue weighted by Gasteiger charge is 2.18. The summed E-state index contributed by atoms with van der Waals surface area (Å²) in [5, 5.41) is 7.04. The lowest BCUT2D eigenvalue weighted by atomic mass is 10.0. The van der Waals surface area contributed by atoms with E-state index < -0.39 is 0 Å². The van der Waals surface area contributed by atoms with Gasteiger partial charge in [0.25, 0.3) is 0 Å². The number of rotatable bonds is 4. The van der Waals surface area contributed by atoms with Gasteiger partial charge in [-0.15, -0.1) is 0 Å². The van der Waals surface area contributed by atoms with Crippen molar-refractivity contribution in [1.29, 1.82) is 0 Å². The second-order valence-corrected chi connectivity index (χ2v) is 14.0. The molecule has 0 aliphatic rings. The Morgan fingerprint density at radius 1 is 0.291 bits per heavy atom. The van der Waals surface area contributed by atoms with E-state index in [2.05, 4.69) is 175 Å². The summed E-state index contributed by atoms with van der Waals surface area (Å²) in [5.41, 5.74) is 12.8. The van der Waals surface area contributed by atoms with E-state index in [1.165, 1.54) is 32.6 Å². The molecule has 8 aromatic carbocycles. The Bertz CT molecular complexity index is 3350. The highest BCUT2D eigenvalue weighted by atomic mass is 15.0. The van der Waals surface area contributed by atoms with Crippen molar-refractivity contribution in [3.8, 4) is 28.2 Å². The standard InChI is InChI=1S/C50H29N5/c1-51-34-21-25-43-44-31-37(54-45-15-7-3-11-39(45)40-12-4-8-16-46(40)54)24-26-49(44)53(50(43)30-34)36-22-19-32(20-23-36)33-27-35(52-2)29-38(28-33)55-47-17-9-5-13-41(47)42-14-6-10-18-48(42)55/h3-31H. The summed E-state index contributed by atoms with van der Waals surface area (Å²) in [6.45, 7) is 15.8. The van der Waals surface area contributed by atoms with Crippen LogP contribution in [0.15, 0.2) is 176 Å². The molecule has 0 aliphatic heterocycles. The van der Waals surface area contributed by atoms with E-state index in [1.807, 2.05) is 24.3 Å². The Kier molecular flexibility index (Phi) is 6.61. The molecule has 0 spiro atoms. The van der Waals surface area contributed by atoms with Crippen molar-refractivity contribution in [3.05, 3.63) is 199 Å². The molecule has 0 fully saturated rings. The number of para-hydroxylation sites is 4. The Hall–Kier alpha value is -7.86. The highest BCUT2D eigenvalue weighted by molar-refractivity contribution is 6.13. The van der Waals surface area contributed by atoms with E-state index in [4.69, 9.17) is 13.1 Å². The normalized spacial score (nSPS) is 11.6. The van der Waals surface area contributed by atoms with Crippen LogP contribution in [0.4, 0.5) is 11.4 Å². The molecule has 0 bridgehead atoms. The van der Waals surface area contributed by atoms with Crippen LogP contribution < -0.4 is 0 Å². The summed E-state index contributed by atoms with van der Waals surface area (Å²) in [7, 11) is 0. The van der Waals surface area contributed by atoms with E-state index in [-0.39, 0.29) is 0 Å². The number of nitrogens with zero attached hydrogens (tertiary/aromatic N) is 5. The van der Waals surface area contributed by atoms with E-state index in [0.29, 0.717) is 11.4 Å². The monoisotopic (exact) mass is 699 g/mol. The van der Waals surface area contributed by atoms with Crippen molar-refractivity contribution in [1.82, 2.24) is 13.7 Å². The average Bonchev–Trinajstić information content (AvgIpc) is 3.88. The molecule has 5 heteroatoms. The van der Waals surface area contributed by atoms with Gasteiger partial charge >= 0.3 is 0 Å². The van der Waals surface area contributed by atoms with Crippen molar-refractivity contribution in [3.63, 3.8) is 0 Å². The van der Waals surface area contributed by atoms with Crippen LogP contribution in [-0.4, -0.2) is 13.7 Å². The van der Waals surface area contributed by atoms with Crippen LogP contribution in [0.2, 0.25) is 0 Å². The van der Waals surface area contributed by atoms with E-state index in [1.54, 1.807) is 0 Å². The van der Waals surface area contributed by atoms with Gasteiger partial charge in [-0.1, -0.05) is 97.1 Å². The second kappa shape index (κ2) is 11.8. The number of hydrogen-bond donors (Lipinski definition) is 0. The smallest absolute Gasteiger partial charge is 0.189 e.